The first-order valence-corrected chi connectivity index (χ1v) is 11.6. The number of carbonyl (C=O) groups excluding carboxylic acids is 1. The molecule has 2 aromatic carbocycles. The quantitative estimate of drug-likeness (QED) is 0.473. The SMILES string of the molecule is O=C(CC12CC(c3ncc(-c4ccc(Cl)c(F)c4)o3)(C1)C2)[C@@H]1C[C@@H](O)c2cc(Cl)ccc2O1. The average molecular weight is 488 g/mol. The number of hydrogen-bond acceptors (Lipinski definition) is 5. The van der Waals surface area contributed by atoms with Crippen molar-refractivity contribution in [1.82, 2.24) is 4.98 Å². The summed E-state index contributed by atoms with van der Waals surface area (Å²) >= 11 is 11.8. The smallest absolute Gasteiger partial charge is 0.201 e. The first kappa shape index (κ1) is 21.1. The fourth-order valence-electron chi connectivity index (χ4n) is 5.81. The Balaban J connectivity index is 1.11. The van der Waals surface area contributed by atoms with E-state index in [-0.39, 0.29) is 28.1 Å². The minimum atomic E-state index is -0.774. The maximum atomic E-state index is 13.8. The molecule has 0 amide bonds. The number of ketones is 1. The Kier molecular flexibility index (Phi) is 4.67. The van der Waals surface area contributed by atoms with E-state index in [0.29, 0.717) is 40.0 Å². The molecule has 0 radical (unpaired) electrons. The zero-order chi connectivity index (χ0) is 23.0. The van der Waals surface area contributed by atoms with Crippen LogP contribution in [0.15, 0.2) is 47.0 Å². The maximum absolute atomic E-state index is 13.8. The molecule has 0 spiro atoms. The highest BCUT2D eigenvalue weighted by molar-refractivity contribution is 6.31. The Bertz CT molecular complexity index is 1270. The average Bonchev–Trinajstić information content (AvgIpc) is 3.21. The van der Waals surface area contributed by atoms with E-state index in [0.717, 1.165) is 19.3 Å². The van der Waals surface area contributed by atoms with E-state index in [4.69, 9.17) is 32.4 Å². The van der Waals surface area contributed by atoms with Gasteiger partial charge in [-0.25, -0.2) is 9.37 Å². The van der Waals surface area contributed by atoms with Gasteiger partial charge in [-0.15, -0.1) is 0 Å². The summed E-state index contributed by atoms with van der Waals surface area (Å²) in [5.41, 5.74) is 0.991. The van der Waals surface area contributed by atoms with Gasteiger partial charge in [-0.1, -0.05) is 23.2 Å². The molecule has 5 nitrogen and oxygen atoms in total. The Hall–Kier alpha value is -2.41. The van der Waals surface area contributed by atoms with Gasteiger partial charge in [0.15, 0.2) is 17.6 Å². The Morgan fingerprint density at radius 2 is 1.97 bits per heavy atom. The lowest BCUT2D eigenvalue weighted by molar-refractivity contribution is -0.171. The van der Waals surface area contributed by atoms with Gasteiger partial charge in [0, 0.05) is 34.4 Å². The number of nitrogens with zero attached hydrogens (tertiary/aromatic N) is 1. The summed E-state index contributed by atoms with van der Waals surface area (Å²) in [5, 5.41) is 11.0. The Morgan fingerprint density at radius 1 is 1.18 bits per heavy atom. The number of oxazole rings is 1. The van der Waals surface area contributed by atoms with Crippen LogP contribution in [0.1, 0.15) is 49.7 Å². The molecule has 1 aromatic heterocycles. The van der Waals surface area contributed by atoms with Crippen molar-refractivity contribution in [3.05, 3.63) is 69.9 Å². The fraction of sp³-hybridized carbons (Fsp3) is 0.360. The molecule has 1 aliphatic heterocycles. The standard InChI is InChI=1S/C25H20Cl2FNO4/c26-14-2-4-20-15(6-14)18(30)7-21(32-20)19(31)8-24-10-25(11-24,12-24)23-29-9-22(33-23)13-1-3-16(27)17(28)5-13/h1-6,9,18,21,30H,7-8,10-12H2/t18-,21+,24?,25?/m1/s1. The predicted octanol–water partition coefficient (Wildman–Crippen LogP) is 6.05. The minimum absolute atomic E-state index is 0.00711. The van der Waals surface area contributed by atoms with Gasteiger partial charge in [-0.05, 0) is 61.1 Å². The van der Waals surface area contributed by atoms with Crippen LogP contribution in [0.25, 0.3) is 11.3 Å². The van der Waals surface area contributed by atoms with Crippen molar-refractivity contribution < 1.29 is 23.4 Å². The number of benzene rings is 2. The molecule has 3 saturated carbocycles. The van der Waals surface area contributed by atoms with Crippen LogP contribution in [0.4, 0.5) is 4.39 Å². The topological polar surface area (TPSA) is 72.6 Å². The van der Waals surface area contributed by atoms with E-state index in [1.54, 1.807) is 30.5 Å². The van der Waals surface area contributed by atoms with Gasteiger partial charge in [-0.2, -0.15) is 0 Å². The van der Waals surface area contributed by atoms with Crippen molar-refractivity contribution in [2.45, 2.75) is 49.7 Å². The highest BCUT2D eigenvalue weighted by Crippen LogP contribution is 2.75. The molecule has 170 valence electrons. The molecule has 1 N–H and O–H groups in total. The number of aliphatic hydroxyl groups excluding tert-OH is 1. The van der Waals surface area contributed by atoms with E-state index < -0.39 is 18.0 Å². The molecule has 7 rings (SSSR count). The molecule has 4 aliphatic rings. The van der Waals surface area contributed by atoms with Crippen molar-refractivity contribution in [3.63, 3.8) is 0 Å². The van der Waals surface area contributed by atoms with Crippen molar-refractivity contribution in [2.24, 2.45) is 5.41 Å². The van der Waals surface area contributed by atoms with Gasteiger partial charge in [0.05, 0.1) is 17.3 Å². The first-order valence-electron chi connectivity index (χ1n) is 10.8. The van der Waals surface area contributed by atoms with Crippen LogP contribution in [0, 0.1) is 11.2 Å². The summed E-state index contributed by atoms with van der Waals surface area (Å²) in [7, 11) is 0. The Labute approximate surface area is 199 Å². The van der Waals surface area contributed by atoms with Gasteiger partial charge in [0.25, 0.3) is 0 Å². The van der Waals surface area contributed by atoms with Crippen LogP contribution in [-0.2, 0) is 10.2 Å². The minimum Gasteiger partial charge on any atom is -0.482 e. The second-order valence-electron chi connectivity index (χ2n) is 9.65. The lowest BCUT2D eigenvalue weighted by Gasteiger charge is -2.69. The number of hydrogen-bond donors (Lipinski definition) is 1. The molecule has 3 fully saturated rings. The van der Waals surface area contributed by atoms with E-state index in [1.165, 1.54) is 12.1 Å². The molecule has 3 aliphatic carbocycles. The second kappa shape index (κ2) is 7.29. The molecule has 0 unspecified atom stereocenters. The molecular weight excluding hydrogens is 468 g/mol. The van der Waals surface area contributed by atoms with Gasteiger partial charge >= 0.3 is 0 Å². The molecular formula is C25H20Cl2FNO4. The summed E-state index contributed by atoms with van der Waals surface area (Å²) in [6, 6.07) is 9.59. The molecule has 8 heteroatoms. The molecule has 2 bridgehead atoms. The number of fused-ring (bicyclic) bond motifs is 1. The number of carbonyl (C=O) groups is 1. The van der Waals surface area contributed by atoms with Crippen LogP contribution in [0.3, 0.4) is 0 Å². The summed E-state index contributed by atoms with van der Waals surface area (Å²) in [6.45, 7) is 0. The summed E-state index contributed by atoms with van der Waals surface area (Å²) in [6.07, 6.45) is 3.28. The van der Waals surface area contributed by atoms with E-state index in [9.17, 15) is 14.3 Å². The Morgan fingerprint density at radius 3 is 2.73 bits per heavy atom. The number of aromatic nitrogens is 1. The first-order chi connectivity index (χ1) is 15.8. The van der Waals surface area contributed by atoms with Crippen molar-refractivity contribution in [2.75, 3.05) is 0 Å². The predicted molar refractivity (Wildman–Crippen MR) is 120 cm³/mol. The van der Waals surface area contributed by atoms with Crippen LogP contribution in [-0.4, -0.2) is 22.0 Å². The fourth-order valence-corrected chi connectivity index (χ4v) is 6.11. The second-order valence-corrected chi connectivity index (χ2v) is 10.5. The van der Waals surface area contributed by atoms with Crippen molar-refractivity contribution in [1.29, 1.82) is 0 Å². The molecule has 0 saturated heterocycles. The summed E-state index contributed by atoms with van der Waals surface area (Å²) in [5.74, 6) is 1.15. The third-order valence-electron chi connectivity index (χ3n) is 7.25. The van der Waals surface area contributed by atoms with Crippen LogP contribution in [0.2, 0.25) is 10.0 Å². The number of ether oxygens (including phenoxy) is 1. The van der Waals surface area contributed by atoms with Crippen molar-refractivity contribution in [3.8, 4) is 17.1 Å². The van der Waals surface area contributed by atoms with E-state index in [2.05, 4.69) is 4.98 Å². The van der Waals surface area contributed by atoms with Crippen LogP contribution < -0.4 is 4.74 Å². The van der Waals surface area contributed by atoms with Crippen molar-refractivity contribution >= 4 is 29.0 Å². The highest BCUT2D eigenvalue weighted by Gasteiger charge is 2.71. The lowest BCUT2D eigenvalue weighted by Crippen LogP contribution is -2.65. The zero-order valence-corrected chi connectivity index (χ0v) is 19.0. The lowest BCUT2D eigenvalue weighted by atomic mass is 9.34. The number of rotatable bonds is 5. The molecule has 2 atom stereocenters. The highest BCUT2D eigenvalue weighted by atomic mass is 35.5. The van der Waals surface area contributed by atoms with Crippen LogP contribution >= 0.6 is 23.2 Å². The van der Waals surface area contributed by atoms with E-state index in [1.807, 2.05) is 0 Å². The van der Waals surface area contributed by atoms with E-state index >= 15 is 0 Å². The van der Waals surface area contributed by atoms with Gasteiger partial charge < -0.3 is 14.3 Å². The monoisotopic (exact) mass is 487 g/mol. The van der Waals surface area contributed by atoms with Gasteiger partial charge in [0.1, 0.15) is 11.6 Å². The summed E-state index contributed by atoms with van der Waals surface area (Å²) in [4.78, 5) is 17.4. The third-order valence-corrected chi connectivity index (χ3v) is 7.79. The number of Topliss-reactive ketones (excluding diaryl/α,β-unsaturated/α-hetero) is 1. The number of aliphatic hydroxyl groups is 1. The zero-order valence-electron chi connectivity index (χ0n) is 17.5. The maximum Gasteiger partial charge on any atom is 0.201 e. The normalized spacial score (nSPS) is 29.5. The molecule has 33 heavy (non-hydrogen) atoms. The van der Waals surface area contributed by atoms with Gasteiger partial charge in [-0.3, -0.25) is 4.79 Å². The van der Waals surface area contributed by atoms with Crippen LogP contribution in [0.5, 0.6) is 5.75 Å². The largest absolute Gasteiger partial charge is 0.482 e. The van der Waals surface area contributed by atoms with Gasteiger partial charge in [0.2, 0.25) is 5.89 Å². The third kappa shape index (κ3) is 3.38. The molecule has 2 heterocycles. The summed E-state index contributed by atoms with van der Waals surface area (Å²) < 4.78 is 25.6. The number of halogens is 3. The molecule has 3 aromatic rings.